The maximum Gasteiger partial charge on any atom is 0.292 e. The third kappa shape index (κ3) is 3.95. The van der Waals surface area contributed by atoms with Crippen molar-refractivity contribution in [2.24, 2.45) is 0 Å². The summed E-state index contributed by atoms with van der Waals surface area (Å²) in [5, 5.41) is 11.0. The Morgan fingerprint density at radius 2 is 1.76 bits per heavy atom. The van der Waals surface area contributed by atoms with Crippen LogP contribution in [0.2, 0.25) is 0 Å². The lowest BCUT2D eigenvalue weighted by atomic mass is 10.1. The Kier molecular flexibility index (Phi) is 4.95. The van der Waals surface area contributed by atoms with Crippen LogP contribution in [0.1, 0.15) is 15.9 Å². The number of rotatable bonds is 4. The van der Waals surface area contributed by atoms with E-state index in [2.05, 4.69) is 17.0 Å². The molecule has 1 aliphatic heterocycles. The average molecular weight is 340 g/mol. The van der Waals surface area contributed by atoms with Gasteiger partial charge in [-0.05, 0) is 17.7 Å². The number of nitro benzene ring substituents is 1. The number of nitrogen functional groups attached to an aromatic ring is 1. The van der Waals surface area contributed by atoms with E-state index in [4.69, 9.17) is 5.73 Å². The van der Waals surface area contributed by atoms with E-state index in [1.807, 2.05) is 18.2 Å². The highest BCUT2D eigenvalue weighted by Gasteiger charge is 2.24. The van der Waals surface area contributed by atoms with Crippen LogP contribution in [-0.2, 0) is 6.54 Å². The summed E-state index contributed by atoms with van der Waals surface area (Å²) in [4.78, 5) is 27.0. The van der Waals surface area contributed by atoms with E-state index in [0.717, 1.165) is 19.6 Å². The largest absolute Gasteiger partial charge is 0.393 e. The highest BCUT2D eigenvalue weighted by Crippen LogP contribution is 2.23. The highest BCUT2D eigenvalue weighted by molar-refractivity contribution is 5.95. The Morgan fingerprint density at radius 1 is 1.08 bits per heavy atom. The fraction of sp³-hybridized carbons (Fsp3) is 0.278. The molecule has 2 aromatic carbocycles. The van der Waals surface area contributed by atoms with Crippen LogP contribution in [0.5, 0.6) is 0 Å². The molecule has 0 saturated carbocycles. The van der Waals surface area contributed by atoms with E-state index in [1.165, 1.54) is 17.7 Å². The van der Waals surface area contributed by atoms with Crippen LogP contribution in [0.3, 0.4) is 0 Å². The molecule has 0 unspecified atom stereocenters. The van der Waals surface area contributed by atoms with Gasteiger partial charge in [0.25, 0.3) is 11.6 Å². The molecule has 2 N–H and O–H groups in total. The van der Waals surface area contributed by atoms with Gasteiger partial charge in [-0.2, -0.15) is 0 Å². The summed E-state index contributed by atoms with van der Waals surface area (Å²) in [5.74, 6) is -0.192. The van der Waals surface area contributed by atoms with Crippen LogP contribution in [-0.4, -0.2) is 46.8 Å². The Bertz CT molecular complexity index is 771. The number of hydrogen-bond acceptors (Lipinski definition) is 5. The van der Waals surface area contributed by atoms with Gasteiger partial charge in [0, 0.05) is 44.4 Å². The van der Waals surface area contributed by atoms with Crippen LogP contribution in [0.25, 0.3) is 0 Å². The first-order valence-electron chi connectivity index (χ1n) is 8.14. The minimum Gasteiger partial charge on any atom is -0.393 e. The van der Waals surface area contributed by atoms with E-state index in [9.17, 15) is 14.9 Å². The molecule has 0 aromatic heterocycles. The first kappa shape index (κ1) is 16.9. The zero-order valence-corrected chi connectivity index (χ0v) is 13.8. The number of carbonyl (C=O) groups is 1. The molecule has 0 atom stereocenters. The second-order valence-electron chi connectivity index (χ2n) is 6.08. The molecule has 1 aliphatic rings. The molecular weight excluding hydrogens is 320 g/mol. The third-order valence-corrected chi connectivity index (χ3v) is 4.38. The van der Waals surface area contributed by atoms with E-state index >= 15 is 0 Å². The number of amides is 1. The van der Waals surface area contributed by atoms with Gasteiger partial charge in [-0.3, -0.25) is 19.8 Å². The summed E-state index contributed by atoms with van der Waals surface area (Å²) in [6.45, 7) is 3.61. The number of nitrogens with two attached hydrogens (primary N) is 1. The molecule has 0 spiro atoms. The molecular formula is C18H20N4O3. The van der Waals surface area contributed by atoms with Gasteiger partial charge in [0.2, 0.25) is 0 Å². The number of carbonyl (C=O) groups excluding carboxylic acids is 1. The van der Waals surface area contributed by atoms with Gasteiger partial charge in [-0.1, -0.05) is 30.3 Å². The lowest BCUT2D eigenvalue weighted by Gasteiger charge is -2.34. The number of piperazine rings is 1. The number of anilines is 1. The lowest BCUT2D eigenvalue weighted by Crippen LogP contribution is -2.48. The molecule has 3 rings (SSSR count). The van der Waals surface area contributed by atoms with Crippen molar-refractivity contribution < 1.29 is 9.72 Å². The summed E-state index contributed by atoms with van der Waals surface area (Å²) >= 11 is 0. The Morgan fingerprint density at radius 3 is 2.40 bits per heavy atom. The van der Waals surface area contributed by atoms with Crippen molar-refractivity contribution >= 4 is 17.3 Å². The third-order valence-electron chi connectivity index (χ3n) is 4.38. The predicted molar refractivity (Wildman–Crippen MR) is 95.1 cm³/mol. The molecule has 1 fully saturated rings. The normalized spacial score (nSPS) is 15.1. The molecule has 7 heteroatoms. The lowest BCUT2D eigenvalue weighted by molar-refractivity contribution is -0.383. The van der Waals surface area contributed by atoms with Gasteiger partial charge < -0.3 is 10.6 Å². The molecule has 1 saturated heterocycles. The number of nitro groups is 1. The predicted octanol–water partition coefficient (Wildman–Crippen LogP) is 2.13. The molecule has 0 aliphatic carbocycles. The maximum absolute atomic E-state index is 12.6. The first-order chi connectivity index (χ1) is 12.0. The second kappa shape index (κ2) is 7.31. The van der Waals surface area contributed by atoms with Gasteiger partial charge in [0.15, 0.2) is 0 Å². The molecule has 7 nitrogen and oxygen atoms in total. The van der Waals surface area contributed by atoms with Crippen LogP contribution in [0.15, 0.2) is 48.5 Å². The van der Waals surface area contributed by atoms with Crippen molar-refractivity contribution in [3.05, 3.63) is 69.8 Å². The summed E-state index contributed by atoms with van der Waals surface area (Å²) in [6, 6.07) is 14.4. The fourth-order valence-corrected chi connectivity index (χ4v) is 2.97. The summed E-state index contributed by atoms with van der Waals surface area (Å²) < 4.78 is 0. The number of benzene rings is 2. The Hall–Kier alpha value is -2.93. The SMILES string of the molecule is Nc1ccc(C(=O)N2CCN(Cc3ccccc3)CC2)cc1[N+](=O)[O-]. The minimum atomic E-state index is -0.566. The highest BCUT2D eigenvalue weighted by atomic mass is 16.6. The topological polar surface area (TPSA) is 92.7 Å². The molecule has 130 valence electrons. The van der Waals surface area contributed by atoms with Crippen molar-refractivity contribution in [1.29, 1.82) is 0 Å². The molecule has 0 bridgehead atoms. The van der Waals surface area contributed by atoms with E-state index in [1.54, 1.807) is 11.0 Å². The van der Waals surface area contributed by atoms with Gasteiger partial charge in [-0.15, -0.1) is 0 Å². The van der Waals surface area contributed by atoms with Crippen LogP contribution < -0.4 is 5.73 Å². The first-order valence-corrected chi connectivity index (χ1v) is 8.14. The maximum atomic E-state index is 12.6. The van der Waals surface area contributed by atoms with E-state index in [-0.39, 0.29) is 17.3 Å². The molecule has 1 amide bonds. The Labute approximate surface area is 145 Å². The fourth-order valence-electron chi connectivity index (χ4n) is 2.97. The number of nitrogens with zero attached hydrogens (tertiary/aromatic N) is 3. The number of hydrogen-bond donors (Lipinski definition) is 1. The second-order valence-corrected chi connectivity index (χ2v) is 6.08. The van der Waals surface area contributed by atoms with Crippen LogP contribution >= 0.6 is 0 Å². The van der Waals surface area contributed by atoms with Gasteiger partial charge >= 0.3 is 0 Å². The van der Waals surface area contributed by atoms with Crippen molar-refractivity contribution in [3.8, 4) is 0 Å². The molecule has 2 aromatic rings. The van der Waals surface area contributed by atoms with E-state index < -0.39 is 4.92 Å². The standard InChI is InChI=1S/C18H20N4O3/c19-16-7-6-15(12-17(16)22(24)25)18(23)21-10-8-20(9-11-21)13-14-4-2-1-3-5-14/h1-7,12H,8-11,13,19H2. The molecule has 1 heterocycles. The smallest absolute Gasteiger partial charge is 0.292 e. The molecule has 0 radical (unpaired) electrons. The van der Waals surface area contributed by atoms with Gasteiger partial charge in [0.05, 0.1) is 4.92 Å². The van der Waals surface area contributed by atoms with Crippen LogP contribution in [0.4, 0.5) is 11.4 Å². The van der Waals surface area contributed by atoms with Gasteiger partial charge in [0.1, 0.15) is 5.69 Å². The summed E-state index contributed by atoms with van der Waals surface area (Å²) in [7, 11) is 0. The van der Waals surface area contributed by atoms with Crippen molar-refractivity contribution in [3.63, 3.8) is 0 Å². The minimum absolute atomic E-state index is 0.0641. The van der Waals surface area contributed by atoms with Crippen molar-refractivity contribution in [2.45, 2.75) is 6.54 Å². The summed E-state index contributed by atoms with van der Waals surface area (Å²) in [6.07, 6.45) is 0. The van der Waals surface area contributed by atoms with Crippen molar-refractivity contribution in [2.75, 3.05) is 31.9 Å². The zero-order valence-electron chi connectivity index (χ0n) is 13.8. The summed E-state index contributed by atoms with van der Waals surface area (Å²) in [5.41, 5.74) is 6.97. The van der Waals surface area contributed by atoms with Crippen molar-refractivity contribution in [1.82, 2.24) is 9.80 Å². The van der Waals surface area contributed by atoms with Crippen LogP contribution in [0, 0.1) is 10.1 Å². The average Bonchev–Trinajstić information content (AvgIpc) is 2.63. The monoisotopic (exact) mass is 340 g/mol. The molecule has 25 heavy (non-hydrogen) atoms. The zero-order chi connectivity index (χ0) is 17.8. The van der Waals surface area contributed by atoms with Gasteiger partial charge in [-0.25, -0.2) is 0 Å². The quantitative estimate of drug-likeness (QED) is 0.523. The Balaban J connectivity index is 1.62. The van der Waals surface area contributed by atoms with E-state index in [0.29, 0.717) is 18.7 Å².